The maximum atomic E-state index is 12.9. The third kappa shape index (κ3) is 5.37. The van der Waals surface area contributed by atoms with Crippen molar-refractivity contribution in [1.82, 2.24) is 10.2 Å². The van der Waals surface area contributed by atoms with E-state index in [1.54, 1.807) is 0 Å². The Bertz CT molecular complexity index is 634. The lowest BCUT2D eigenvalue weighted by atomic mass is 9.97. The summed E-state index contributed by atoms with van der Waals surface area (Å²) in [6.07, 6.45) is -2.35. The van der Waals surface area contributed by atoms with Gasteiger partial charge in [-0.3, -0.25) is 9.59 Å². The van der Waals surface area contributed by atoms with Gasteiger partial charge in [-0.2, -0.15) is 13.2 Å². The molecule has 1 aromatic carbocycles. The van der Waals surface area contributed by atoms with Gasteiger partial charge in [0.15, 0.2) is 6.61 Å². The number of amides is 2. The molecule has 1 unspecified atom stereocenters. The molecule has 26 heavy (non-hydrogen) atoms. The van der Waals surface area contributed by atoms with E-state index in [4.69, 9.17) is 4.74 Å². The number of piperidine rings is 1. The van der Waals surface area contributed by atoms with Gasteiger partial charge in [-0.1, -0.05) is 19.1 Å². The highest BCUT2D eigenvalue weighted by Gasteiger charge is 2.34. The Balaban J connectivity index is 1.93. The van der Waals surface area contributed by atoms with E-state index in [1.807, 2.05) is 6.92 Å². The zero-order valence-electron chi connectivity index (χ0n) is 14.6. The number of ether oxygens (including phenoxy) is 1. The molecule has 8 heteroatoms. The van der Waals surface area contributed by atoms with E-state index in [1.165, 1.54) is 23.1 Å². The van der Waals surface area contributed by atoms with Crippen molar-refractivity contribution in [3.63, 3.8) is 0 Å². The van der Waals surface area contributed by atoms with Gasteiger partial charge in [0.05, 0.1) is 11.5 Å². The van der Waals surface area contributed by atoms with Crippen LogP contribution in [0.1, 0.15) is 31.7 Å². The number of rotatable bonds is 6. The number of nitrogens with zero attached hydrogens (tertiary/aromatic N) is 1. The van der Waals surface area contributed by atoms with Crippen LogP contribution >= 0.6 is 0 Å². The molecule has 1 heterocycles. The van der Waals surface area contributed by atoms with E-state index in [9.17, 15) is 22.8 Å². The fraction of sp³-hybridized carbons (Fsp3) is 0.556. The Hall–Kier alpha value is -2.25. The topological polar surface area (TPSA) is 58.6 Å². The molecule has 5 nitrogen and oxygen atoms in total. The maximum absolute atomic E-state index is 12.9. The predicted molar refractivity (Wildman–Crippen MR) is 89.5 cm³/mol. The lowest BCUT2D eigenvalue weighted by molar-refractivity contribution is -0.142. The standard InChI is InChI=1S/C18H23F3N2O3/c1-2-9-22-17(25)13-6-5-10-23(11-13)16(24)12-26-15-8-4-3-7-14(15)18(19,20)21/h3-4,7-8,13H,2,5-6,9-12H2,1H3,(H,22,25). The van der Waals surface area contributed by atoms with E-state index in [0.717, 1.165) is 12.5 Å². The molecule has 0 aromatic heterocycles. The lowest BCUT2D eigenvalue weighted by Gasteiger charge is -2.32. The van der Waals surface area contributed by atoms with Crippen molar-refractivity contribution in [2.24, 2.45) is 5.92 Å². The number of carbonyl (C=O) groups excluding carboxylic acids is 2. The molecule has 1 fully saturated rings. The van der Waals surface area contributed by atoms with Crippen LogP contribution in [0.15, 0.2) is 24.3 Å². The molecule has 0 bridgehead atoms. The quantitative estimate of drug-likeness (QED) is 0.835. The van der Waals surface area contributed by atoms with Gasteiger partial charge in [0.2, 0.25) is 5.91 Å². The minimum absolute atomic E-state index is 0.0901. The summed E-state index contributed by atoms with van der Waals surface area (Å²) in [5.74, 6) is -1.17. The number of likely N-dealkylation sites (tertiary alicyclic amines) is 1. The van der Waals surface area contributed by atoms with Gasteiger partial charge in [-0.05, 0) is 31.4 Å². The Labute approximate surface area is 150 Å². The van der Waals surface area contributed by atoms with Gasteiger partial charge < -0.3 is 15.0 Å². The van der Waals surface area contributed by atoms with Crippen LogP contribution in [0.3, 0.4) is 0 Å². The number of hydrogen-bond donors (Lipinski definition) is 1. The summed E-state index contributed by atoms with van der Waals surface area (Å²) in [5, 5.41) is 2.81. The average molecular weight is 372 g/mol. The molecule has 0 saturated carbocycles. The van der Waals surface area contributed by atoms with E-state index in [0.29, 0.717) is 25.9 Å². The first kappa shape index (κ1) is 20.1. The first-order valence-corrected chi connectivity index (χ1v) is 8.67. The molecule has 2 amide bonds. The second-order valence-electron chi connectivity index (χ2n) is 6.25. The molecule has 1 aliphatic heterocycles. The molecule has 0 aliphatic carbocycles. The van der Waals surface area contributed by atoms with Crippen molar-refractivity contribution < 1.29 is 27.5 Å². The van der Waals surface area contributed by atoms with Crippen LogP contribution in [0.2, 0.25) is 0 Å². The van der Waals surface area contributed by atoms with Crippen molar-refractivity contribution in [1.29, 1.82) is 0 Å². The van der Waals surface area contributed by atoms with Gasteiger partial charge in [-0.15, -0.1) is 0 Å². The Morgan fingerprint density at radius 1 is 1.31 bits per heavy atom. The minimum atomic E-state index is -4.55. The largest absolute Gasteiger partial charge is 0.483 e. The summed E-state index contributed by atoms with van der Waals surface area (Å²) >= 11 is 0. The van der Waals surface area contributed by atoms with Crippen LogP contribution in [-0.2, 0) is 15.8 Å². The number of carbonyl (C=O) groups is 2. The average Bonchev–Trinajstić information content (AvgIpc) is 2.63. The molecule has 0 radical (unpaired) electrons. The fourth-order valence-electron chi connectivity index (χ4n) is 2.87. The zero-order chi connectivity index (χ0) is 19.2. The summed E-state index contributed by atoms with van der Waals surface area (Å²) < 4.78 is 44.0. The summed E-state index contributed by atoms with van der Waals surface area (Å²) in [6, 6.07) is 4.79. The molecule has 144 valence electrons. The molecule has 0 spiro atoms. The van der Waals surface area contributed by atoms with E-state index in [2.05, 4.69) is 5.32 Å². The first-order valence-electron chi connectivity index (χ1n) is 8.67. The Morgan fingerprint density at radius 3 is 2.73 bits per heavy atom. The van der Waals surface area contributed by atoms with Gasteiger partial charge >= 0.3 is 6.18 Å². The smallest absolute Gasteiger partial charge is 0.419 e. The number of hydrogen-bond acceptors (Lipinski definition) is 3. The number of alkyl halides is 3. The second-order valence-corrected chi connectivity index (χ2v) is 6.25. The van der Waals surface area contributed by atoms with Crippen LogP contribution in [0.5, 0.6) is 5.75 Å². The van der Waals surface area contributed by atoms with Crippen molar-refractivity contribution in [3.05, 3.63) is 29.8 Å². The highest BCUT2D eigenvalue weighted by Crippen LogP contribution is 2.35. The van der Waals surface area contributed by atoms with Crippen LogP contribution in [0.25, 0.3) is 0 Å². The summed E-state index contributed by atoms with van der Waals surface area (Å²) in [4.78, 5) is 25.8. The van der Waals surface area contributed by atoms with E-state index in [-0.39, 0.29) is 24.1 Å². The third-order valence-corrected chi connectivity index (χ3v) is 4.24. The zero-order valence-corrected chi connectivity index (χ0v) is 14.6. The van der Waals surface area contributed by atoms with Crippen molar-refractivity contribution in [2.75, 3.05) is 26.2 Å². The molecule has 1 N–H and O–H groups in total. The Morgan fingerprint density at radius 2 is 2.04 bits per heavy atom. The fourth-order valence-corrected chi connectivity index (χ4v) is 2.87. The minimum Gasteiger partial charge on any atom is -0.483 e. The summed E-state index contributed by atoms with van der Waals surface area (Å²) in [6.45, 7) is 2.78. The third-order valence-electron chi connectivity index (χ3n) is 4.24. The summed E-state index contributed by atoms with van der Waals surface area (Å²) in [5.41, 5.74) is -0.914. The van der Waals surface area contributed by atoms with Crippen LogP contribution in [-0.4, -0.2) is 43.0 Å². The molecule has 2 rings (SSSR count). The number of halogens is 3. The normalized spacial score (nSPS) is 17.7. The Kier molecular flexibility index (Phi) is 6.88. The van der Waals surface area contributed by atoms with Crippen LogP contribution in [0, 0.1) is 5.92 Å². The lowest BCUT2D eigenvalue weighted by Crippen LogP contribution is -2.47. The van der Waals surface area contributed by atoms with Crippen LogP contribution in [0.4, 0.5) is 13.2 Å². The molecule has 1 aliphatic rings. The number of benzene rings is 1. The first-order chi connectivity index (χ1) is 12.3. The van der Waals surface area contributed by atoms with Crippen molar-refractivity contribution in [2.45, 2.75) is 32.4 Å². The van der Waals surface area contributed by atoms with Crippen molar-refractivity contribution in [3.8, 4) is 5.75 Å². The highest BCUT2D eigenvalue weighted by molar-refractivity contribution is 5.82. The number of para-hydroxylation sites is 1. The molecule has 1 aromatic rings. The van der Waals surface area contributed by atoms with E-state index < -0.39 is 24.3 Å². The molecule has 1 saturated heterocycles. The van der Waals surface area contributed by atoms with Gasteiger partial charge in [-0.25, -0.2) is 0 Å². The monoisotopic (exact) mass is 372 g/mol. The predicted octanol–water partition coefficient (Wildman–Crippen LogP) is 2.85. The summed E-state index contributed by atoms with van der Waals surface area (Å²) in [7, 11) is 0. The van der Waals surface area contributed by atoms with Gasteiger partial charge in [0, 0.05) is 19.6 Å². The van der Waals surface area contributed by atoms with Crippen molar-refractivity contribution >= 4 is 11.8 Å². The molecular weight excluding hydrogens is 349 g/mol. The van der Waals surface area contributed by atoms with E-state index >= 15 is 0 Å². The van der Waals surface area contributed by atoms with Gasteiger partial charge in [0.1, 0.15) is 5.75 Å². The maximum Gasteiger partial charge on any atom is 0.419 e. The van der Waals surface area contributed by atoms with Gasteiger partial charge in [0.25, 0.3) is 5.91 Å². The SMILES string of the molecule is CCCNC(=O)C1CCCN(C(=O)COc2ccccc2C(F)(F)F)C1. The second kappa shape index (κ2) is 8.91. The highest BCUT2D eigenvalue weighted by atomic mass is 19.4. The molecule has 1 atom stereocenters. The number of nitrogens with one attached hydrogen (secondary N) is 1. The molecular formula is C18H23F3N2O3. The van der Waals surface area contributed by atoms with Crippen LogP contribution < -0.4 is 10.1 Å².